The van der Waals surface area contributed by atoms with Gasteiger partial charge in [-0.2, -0.15) is 0 Å². The van der Waals surface area contributed by atoms with E-state index in [1.807, 2.05) is 39.8 Å². The van der Waals surface area contributed by atoms with Crippen molar-refractivity contribution in [3.05, 3.63) is 88.8 Å². The molecule has 4 rings (SSSR count). The fraction of sp³-hybridized carbons (Fsp3) is 0.618. The molecule has 1 saturated carbocycles. The van der Waals surface area contributed by atoms with E-state index in [2.05, 4.69) is 50.8 Å². The van der Waals surface area contributed by atoms with Gasteiger partial charge >= 0.3 is 5.97 Å². The maximum Gasteiger partial charge on any atom is 0.311 e. The fourth-order valence-electron chi connectivity index (χ4n) is 8.98. The first-order valence-corrected chi connectivity index (χ1v) is 24.1. The SMILES string of the molecule is C=C(C)C(C)(O)OCCCc1cc(-c2ccc(-c3ccc(C4CCC(CCCCC)CC4)cc3F)cc2CC)cc(CCCOC(=O)C(C)(C)C)c1OCCC(CO)(CO)CCC. The highest BCUT2D eigenvalue weighted by atomic mass is 19.1. The van der Waals surface area contributed by atoms with Crippen molar-refractivity contribution in [3.63, 3.8) is 0 Å². The van der Waals surface area contributed by atoms with Gasteiger partial charge in [-0.25, -0.2) is 4.39 Å². The predicted octanol–water partition coefficient (Wildman–Crippen LogP) is 12.9. The van der Waals surface area contributed by atoms with Gasteiger partial charge in [0.2, 0.25) is 0 Å². The Kier molecular flexibility index (Phi) is 20.4. The van der Waals surface area contributed by atoms with E-state index in [0.717, 1.165) is 76.3 Å². The summed E-state index contributed by atoms with van der Waals surface area (Å²) < 4.78 is 34.3. The molecule has 8 heteroatoms. The molecule has 1 fully saturated rings. The van der Waals surface area contributed by atoms with Gasteiger partial charge in [0.05, 0.1) is 38.4 Å². The molecule has 3 aromatic carbocycles. The van der Waals surface area contributed by atoms with Crippen molar-refractivity contribution in [2.24, 2.45) is 16.7 Å². The Balaban J connectivity index is 1.69. The van der Waals surface area contributed by atoms with Crippen LogP contribution in [0.3, 0.4) is 0 Å². The number of rotatable bonds is 26. The molecule has 0 aliphatic heterocycles. The Hall–Kier alpha value is -3.56. The minimum Gasteiger partial charge on any atom is -0.493 e. The Labute approximate surface area is 379 Å². The first-order chi connectivity index (χ1) is 30.0. The maximum atomic E-state index is 16.1. The summed E-state index contributed by atoms with van der Waals surface area (Å²) in [6, 6.07) is 16.5. The summed E-state index contributed by atoms with van der Waals surface area (Å²) in [5, 5.41) is 31.3. The van der Waals surface area contributed by atoms with Crippen molar-refractivity contribution in [3.8, 4) is 28.0 Å². The molecule has 3 N–H and O–H groups in total. The number of aliphatic hydroxyl groups is 3. The molecule has 0 saturated heterocycles. The van der Waals surface area contributed by atoms with Gasteiger partial charge in [-0.1, -0.05) is 89.8 Å². The molecular formula is C55H81FO7. The van der Waals surface area contributed by atoms with Crippen LogP contribution >= 0.6 is 0 Å². The number of ether oxygens (including phenoxy) is 3. The lowest BCUT2D eigenvalue weighted by atomic mass is 9.77. The molecule has 1 atom stereocenters. The van der Waals surface area contributed by atoms with Crippen LogP contribution in [0.1, 0.15) is 167 Å². The number of hydrogen-bond donors (Lipinski definition) is 3. The summed E-state index contributed by atoms with van der Waals surface area (Å²) in [7, 11) is 0. The van der Waals surface area contributed by atoms with Crippen molar-refractivity contribution in [2.75, 3.05) is 33.0 Å². The number of hydrogen-bond acceptors (Lipinski definition) is 7. The Morgan fingerprint density at radius 1 is 0.762 bits per heavy atom. The van der Waals surface area contributed by atoms with Crippen molar-refractivity contribution in [1.29, 1.82) is 0 Å². The molecular weight excluding hydrogens is 792 g/mol. The van der Waals surface area contributed by atoms with Crippen LogP contribution in [0.15, 0.2) is 60.7 Å². The number of unbranched alkanes of at least 4 members (excludes halogenated alkanes) is 2. The number of halogens is 1. The van der Waals surface area contributed by atoms with E-state index < -0.39 is 16.6 Å². The number of aliphatic hydroxyl groups excluding tert-OH is 2. The van der Waals surface area contributed by atoms with Crippen LogP contribution in [0.2, 0.25) is 0 Å². The standard InChI is InChI=1S/C55H81FO7/c1-10-13-14-17-40-20-22-42(23-21-40)43-24-27-49(50(56)36-43)44-25-26-48(41(12-3)33-44)47-34-45(18-15-30-62-52(59)53(6,7)8)51(61-32-29-55(37-57,38-58)28-11-2)46(35-47)19-16-31-63-54(9,60)39(4)5/h24-27,33-36,40,42,57-58,60H,4,10-23,28-32,37-38H2,1-3,5-9H3. The van der Waals surface area contributed by atoms with Gasteiger partial charge in [-0.05, 0) is 180 Å². The highest BCUT2D eigenvalue weighted by Gasteiger charge is 2.29. The number of esters is 1. The second kappa shape index (κ2) is 24.7. The summed E-state index contributed by atoms with van der Waals surface area (Å²) >= 11 is 0. The molecule has 1 aliphatic carbocycles. The van der Waals surface area contributed by atoms with Crippen LogP contribution < -0.4 is 4.74 Å². The van der Waals surface area contributed by atoms with Crippen LogP contribution in [0.4, 0.5) is 4.39 Å². The lowest BCUT2D eigenvalue weighted by Crippen LogP contribution is -2.32. The van der Waals surface area contributed by atoms with Crippen LogP contribution in [-0.2, 0) is 33.5 Å². The topological polar surface area (TPSA) is 105 Å². The second-order valence-corrected chi connectivity index (χ2v) is 19.7. The zero-order chi connectivity index (χ0) is 46.2. The van der Waals surface area contributed by atoms with Gasteiger partial charge in [-0.3, -0.25) is 4.79 Å². The number of carbonyl (C=O) groups is 1. The Morgan fingerprint density at radius 3 is 1.97 bits per heavy atom. The molecule has 1 aliphatic rings. The molecule has 350 valence electrons. The first-order valence-electron chi connectivity index (χ1n) is 24.1. The van der Waals surface area contributed by atoms with Crippen LogP contribution in [0.5, 0.6) is 5.75 Å². The van der Waals surface area contributed by atoms with Gasteiger partial charge in [0.15, 0.2) is 5.79 Å². The third-order valence-electron chi connectivity index (χ3n) is 13.4. The summed E-state index contributed by atoms with van der Waals surface area (Å²) in [5.41, 5.74) is 6.91. The van der Waals surface area contributed by atoms with Gasteiger partial charge in [0, 0.05) is 11.0 Å². The van der Waals surface area contributed by atoms with E-state index in [4.69, 9.17) is 14.2 Å². The third kappa shape index (κ3) is 15.0. The molecule has 0 bridgehead atoms. The summed E-state index contributed by atoms with van der Waals surface area (Å²) in [5.74, 6) is 0.0840. The Bertz CT molecular complexity index is 1900. The lowest BCUT2D eigenvalue weighted by Gasteiger charge is -2.30. The van der Waals surface area contributed by atoms with Gasteiger partial charge in [0.1, 0.15) is 11.6 Å². The lowest BCUT2D eigenvalue weighted by molar-refractivity contribution is -0.161. The smallest absolute Gasteiger partial charge is 0.311 e. The van der Waals surface area contributed by atoms with E-state index in [9.17, 15) is 20.1 Å². The highest BCUT2D eigenvalue weighted by Crippen LogP contribution is 2.41. The van der Waals surface area contributed by atoms with Crippen molar-refractivity contribution >= 4 is 5.97 Å². The number of benzene rings is 3. The molecule has 0 heterocycles. The van der Waals surface area contributed by atoms with E-state index in [1.54, 1.807) is 19.9 Å². The third-order valence-corrected chi connectivity index (χ3v) is 13.4. The fourth-order valence-corrected chi connectivity index (χ4v) is 8.98. The zero-order valence-corrected chi connectivity index (χ0v) is 40.2. The number of carbonyl (C=O) groups excluding carboxylic acids is 1. The molecule has 0 amide bonds. The van der Waals surface area contributed by atoms with Crippen LogP contribution in [0, 0.1) is 22.6 Å². The predicted molar refractivity (Wildman–Crippen MR) is 256 cm³/mol. The molecule has 63 heavy (non-hydrogen) atoms. The first kappa shape index (κ1) is 52.1. The molecule has 1 unspecified atom stereocenters. The highest BCUT2D eigenvalue weighted by molar-refractivity contribution is 5.76. The van der Waals surface area contributed by atoms with E-state index >= 15 is 4.39 Å². The summed E-state index contributed by atoms with van der Waals surface area (Å²) in [6.45, 7) is 19.7. The molecule has 0 radical (unpaired) electrons. The van der Waals surface area contributed by atoms with Crippen LogP contribution in [0.25, 0.3) is 22.3 Å². The van der Waals surface area contributed by atoms with Crippen LogP contribution in [-0.4, -0.2) is 60.1 Å². The molecule has 7 nitrogen and oxygen atoms in total. The monoisotopic (exact) mass is 873 g/mol. The molecule has 3 aromatic rings. The van der Waals surface area contributed by atoms with Crippen molar-refractivity contribution in [2.45, 2.75) is 170 Å². The average Bonchev–Trinajstić information content (AvgIpc) is 3.26. The quantitative estimate of drug-likeness (QED) is 0.0319. The Morgan fingerprint density at radius 2 is 1.40 bits per heavy atom. The van der Waals surface area contributed by atoms with Crippen molar-refractivity contribution in [1.82, 2.24) is 0 Å². The summed E-state index contributed by atoms with van der Waals surface area (Å²) in [6.07, 6.45) is 15.0. The van der Waals surface area contributed by atoms with E-state index in [0.29, 0.717) is 62.2 Å². The second-order valence-electron chi connectivity index (χ2n) is 19.7. The minimum absolute atomic E-state index is 0.136. The average molecular weight is 873 g/mol. The largest absolute Gasteiger partial charge is 0.493 e. The van der Waals surface area contributed by atoms with E-state index in [1.165, 1.54) is 38.5 Å². The van der Waals surface area contributed by atoms with Gasteiger partial charge in [0.25, 0.3) is 0 Å². The van der Waals surface area contributed by atoms with E-state index in [-0.39, 0.29) is 38.2 Å². The van der Waals surface area contributed by atoms with Gasteiger partial charge in [-0.15, -0.1) is 0 Å². The van der Waals surface area contributed by atoms with Gasteiger partial charge < -0.3 is 29.5 Å². The maximum absolute atomic E-state index is 16.1. The number of aryl methyl sites for hydroxylation is 3. The minimum atomic E-state index is -1.45. The van der Waals surface area contributed by atoms with Crippen molar-refractivity contribution < 1.29 is 38.7 Å². The molecule has 0 aromatic heterocycles. The molecule has 0 spiro atoms. The summed E-state index contributed by atoms with van der Waals surface area (Å²) in [4.78, 5) is 12.7. The zero-order valence-electron chi connectivity index (χ0n) is 40.2. The normalized spacial score (nSPS) is 16.8.